The zero-order valence-electron chi connectivity index (χ0n) is 45.7. The molecule has 0 amide bonds. The van der Waals surface area contributed by atoms with Crippen LogP contribution in [0.2, 0.25) is 0 Å². The first-order chi connectivity index (χ1) is 36.7. The van der Waals surface area contributed by atoms with E-state index in [1.54, 1.807) is 12.2 Å². The summed E-state index contributed by atoms with van der Waals surface area (Å²) < 4.78 is 64.8. The predicted octanol–water partition coefficient (Wildman–Crippen LogP) is 8.14. The quantitative estimate of drug-likeness (QED) is 0.0178. The molecular weight excluding hydrogens is 1040 g/mol. The molecule has 0 saturated carbocycles. The molecule has 0 spiro atoms. The Kier molecular flexibility index (Phi) is 33.7. The van der Waals surface area contributed by atoms with Crippen molar-refractivity contribution in [2.45, 2.75) is 243 Å². The molecule has 2 aliphatic heterocycles. The summed E-state index contributed by atoms with van der Waals surface area (Å²) in [6, 6.07) is 1.23. The highest BCUT2D eigenvalue weighted by molar-refractivity contribution is 7.61. The highest BCUT2D eigenvalue weighted by Crippen LogP contribution is 2.60. The number of esters is 2. The van der Waals surface area contributed by atoms with Gasteiger partial charge in [0.2, 0.25) is 0 Å². The number of rotatable bonds is 27. The van der Waals surface area contributed by atoms with Gasteiger partial charge in [-0.3, -0.25) is 23.2 Å². The molecule has 22 nitrogen and oxygen atoms in total. The maximum absolute atomic E-state index is 13.4. The van der Waals surface area contributed by atoms with Crippen molar-refractivity contribution in [3.05, 3.63) is 47.1 Å². The van der Waals surface area contributed by atoms with E-state index in [4.69, 9.17) is 33.7 Å². The van der Waals surface area contributed by atoms with Crippen molar-refractivity contribution in [3.63, 3.8) is 0 Å². The average Bonchev–Trinajstić information content (AvgIpc) is 3.38. The lowest BCUT2D eigenvalue weighted by molar-refractivity contribution is -0.192. The second-order valence-electron chi connectivity index (χ2n) is 20.6. The number of carbonyl (C=O) groups is 2. The molecule has 24 heteroatoms. The van der Waals surface area contributed by atoms with Crippen LogP contribution in [-0.2, 0) is 51.0 Å². The number of nitrogen functional groups attached to an aromatic ring is 1. The van der Waals surface area contributed by atoms with E-state index in [-0.39, 0.29) is 37.9 Å². The molecule has 9 N–H and O–H groups in total. The number of phosphoric acid groups is 2. The Balaban J connectivity index is 1.71. The van der Waals surface area contributed by atoms with E-state index in [9.17, 15) is 58.8 Å². The monoisotopic (exact) mass is 1140 g/mol. The Hall–Kier alpha value is -2.92. The molecule has 1 aromatic heterocycles. The summed E-state index contributed by atoms with van der Waals surface area (Å²) in [6.07, 6.45) is 12.4. The maximum atomic E-state index is 13.4. The summed E-state index contributed by atoms with van der Waals surface area (Å²) in [5.74, 6) is -2.00. The molecule has 0 aliphatic carbocycles. The van der Waals surface area contributed by atoms with Crippen LogP contribution in [0.5, 0.6) is 0 Å². The van der Waals surface area contributed by atoms with Crippen molar-refractivity contribution < 1.29 is 86.3 Å². The van der Waals surface area contributed by atoms with Crippen LogP contribution in [-0.4, -0.2) is 126 Å². The summed E-state index contributed by atoms with van der Waals surface area (Å²) >= 11 is 0. The van der Waals surface area contributed by atoms with Crippen molar-refractivity contribution in [2.24, 2.45) is 11.8 Å². The number of fused-ring (bicyclic) bond motifs is 3. The summed E-state index contributed by atoms with van der Waals surface area (Å²) in [5, 5.41) is 56.9. The van der Waals surface area contributed by atoms with Crippen molar-refractivity contribution in [2.75, 3.05) is 25.6 Å². The fourth-order valence-corrected chi connectivity index (χ4v) is 11.1. The highest BCUT2D eigenvalue weighted by Gasteiger charge is 2.44. The number of nitrogens with two attached hydrogens (primary N) is 1. The largest absolute Gasteiger partial charge is 0.481 e. The van der Waals surface area contributed by atoms with Crippen LogP contribution in [0.1, 0.15) is 194 Å². The number of allylic oxidation sites excluding steroid dienone is 2. The number of nitrogens with zero attached hydrogens (tertiary/aromatic N) is 2. The standard InChI is InChI=1S/C53H93N3O19P2/c1-4-6-21-27-40(57)31-32-44-50(62)51(63)45-38-71-77(67,68)75-76(65,66)70-37-41(36-69-47(59)29-24-18-16-14-12-10-8-7-9-11-13-15-17-22-26-39(3)5-2)72-48(60)30-25-20-19-23-28-42(43(58)35-49(61)73-44)52(74-45)56-34-33-46(54)55-53(56)64/h19,23,31-34,39-45,49-52,57-58,61-63H,4-18,20-22,24-30,35-38H2,1-3H3,(H,65,66)(H,67,68)(H2,54,55,64)/b23-19?,32-31+/t39?,40-,41+,42-,43-,44+,45+,49?,50-,51+,52+/m0/s1. The molecule has 13 atom stereocenters. The minimum atomic E-state index is -5.73. The lowest BCUT2D eigenvalue weighted by Crippen LogP contribution is -2.49. The number of hydrogen-bond donors (Lipinski definition) is 8. The SMILES string of the molecule is CCCCC[C@H](O)/C=C/[C@H]1OC(O)C[C@H](O)[C@@H]2CC=CCCCC(=O)O[C@H](COC(=O)CCCCCCCCCCCCCCCCC(C)CC)COP(=O)(O)OP(=O)(O)OC[C@@H](O[C@H]2n2ccc(N)nc2=O)[C@@H](O)[C@H]1O. The van der Waals surface area contributed by atoms with E-state index in [2.05, 4.69) is 23.1 Å². The van der Waals surface area contributed by atoms with Gasteiger partial charge in [-0.2, -0.15) is 9.29 Å². The van der Waals surface area contributed by atoms with Crippen LogP contribution < -0.4 is 11.4 Å². The van der Waals surface area contributed by atoms with E-state index in [1.165, 1.54) is 88.8 Å². The van der Waals surface area contributed by atoms with Gasteiger partial charge in [-0.15, -0.1) is 0 Å². The Morgan fingerprint density at radius 2 is 1.45 bits per heavy atom. The molecule has 1 fully saturated rings. The van der Waals surface area contributed by atoms with Crippen LogP contribution >= 0.6 is 15.6 Å². The summed E-state index contributed by atoms with van der Waals surface area (Å²) in [7, 11) is -11.3. The first-order valence-electron chi connectivity index (χ1n) is 28.1. The molecule has 1 aromatic rings. The Bertz CT molecular complexity index is 2030. The smallest absolute Gasteiger partial charge is 0.462 e. The molecule has 3 rings (SSSR count). The minimum Gasteiger partial charge on any atom is -0.462 e. The van der Waals surface area contributed by atoms with Crippen LogP contribution in [0.15, 0.2) is 41.4 Å². The lowest BCUT2D eigenvalue weighted by Gasteiger charge is -2.36. The normalized spacial score (nSPS) is 29.6. The van der Waals surface area contributed by atoms with E-state index >= 15 is 0 Å². The van der Waals surface area contributed by atoms with Crippen molar-refractivity contribution >= 4 is 33.4 Å². The van der Waals surface area contributed by atoms with E-state index in [1.807, 2.05) is 6.92 Å². The number of phosphoric ester groups is 2. The fourth-order valence-electron chi connectivity index (χ4n) is 9.03. The number of aliphatic hydroxyl groups is 5. The van der Waals surface area contributed by atoms with Gasteiger partial charge in [0, 0.05) is 31.4 Å². The second-order valence-corrected chi connectivity index (χ2v) is 23.6. The van der Waals surface area contributed by atoms with E-state index < -0.39 is 121 Å². The lowest BCUT2D eigenvalue weighted by atomic mass is 9.92. The van der Waals surface area contributed by atoms with Crippen molar-refractivity contribution in [1.29, 1.82) is 0 Å². The van der Waals surface area contributed by atoms with Gasteiger partial charge in [0.15, 0.2) is 12.4 Å². The van der Waals surface area contributed by atoms with Crippen LogP contribution in [0, 0.1) is 11.8 Å². The maximum Gasteiger partial charge on any atom is 0.481 e. The molecule has 3 heterocycles. The van der Waals surface area contributed by atoms with E-state index in [0.29, 0.717) is 19.3 Å². The molecule has 2 aliphatic rings. The summed E-state index contributed by atoms with van der Waals surface area (Å²) in [4.78, 5) is 64.3. The Morgan fingerprint density at radius 3 is 2.08 bits per heavy atom. The third-order valence-electron chi connectivity index (χ3n) is 13.9. The zero-order chi connectivity index (χ0) is 56.6. The molecule has 4 unspecified atom stereocenters. The van der Waals surface area contributed by atoms with Crippen LogP contribution in [0.3, 0.4) is 0 Å². The van der Waals surface area contributed by atoms with Crippen molar-refractivity contribution in [1.82, 2.24) is 9.55 Å². The van der Waals surface area contributed by atoms with Gasteiger partial charge in [-0.1, -0.05) is 161 Å². The molecule has 0 aromatic carbocycles. The number of anilines is 1. The Morgan fingerprint density at radius 1 is 0.844 bits per heavy atom. The predicted molar refractivity (Wildman–Crippen MR) is 288 cm³/mol. The van der Waals surface area contributed by atoms with Gasteiger partial charge >= 0.3 is 33.3 Å². The van der Waals surface area contributed by atoms with Crippen LogP contribution in [0.4, 0.5) is 5.82 Å². The second kappa shape index (κ2) is 37.9. The first kappa shape index (κ1) is 68.4. The number of aliphatic hydroxyl groups excluding tert-OH is 5. The first-order valence-corrected chi connectivity index (χ1v) is 31.1. The van der Waals surface area contributed by atoms with Crippen molar-refractivity contribution in [3.8, 4) is 0 Å². The zero-order valence-corrected chi connectivity index (χ0v) is 47.5. The van der Waals surface area contributed by atoms with Gasteiger partial charge in [0.05, 0.1) is 25.4 Å². The minimum absolute atomic E-state index is 0.0774. The number of carbonyl (C=O) groups excluding carboxylic acids is 2. The van der Waals surface area contributed by atoms with Crippen LogP contribution in [0.25, 0.3) is 0 Å². The number of hydrogen-bond acceptors (Lipinski definition) is 19. The third kappa shape index (κ3) is 28.9. The van der Waals surface area contributed by atoms with Gasteiger partial charge in [0.1, 0.15) is 43.1 Å². The summed E-state index contributed by atoms with van der Waals surface area (Å²) in [6.45, 7) is 3.81. The topological polar surface area (TPSA) is 335 Å². The molecule has 77 heavy (non-hydrogen) atoms. The fraction of sp³-hybridized carbons (Fsp3) is 0.811. The molecule has 2 bridgehead atoms. The Labute approximate surface area is 455 Å². The van der Waals surface area contributed by atoms with Gasteiger partial charge in [-0.25, -0.2) is 13.9 Å². The molecule has 0 radical (unpaired) electrons. The van der Waals surface area contributed by atoms with Gasteiger partial charge < -0.3 is 60.0 Å². The third-order valence-corrected chi connectivity index (χ3v) is 16.5. The van der Waals surface area contributed by atoms with Gasteiger partial charge in [-0.05, 0) is 44.1 Å². The van der Waals surface area contributed by atoms with Gasteiger partial charge in [0.25, 0.3) is 0 Å². The number of cyclic esters (lactones) is 1. The number of aromatic nitrogens is 2. The number of ether oxygens (including phenoxy) is 4. The molecule has 1 saturated heterocycles. The van der Waals surface area contributed by atoms with E-state index in [0.717, 1.165) is 55.2 Å². The molecule has 444 valence electrons. The highest BCUT2D eigenvalue weighted by atomic mass is 31.3. The number of unbranched alkanes of at least 4 members (excludes halogenated alkanes) is 15. The molecular formula is C53H93N3O19P2. The summed E-state index contributed by atoms with van der Waals surface area (Å²) in [5.41, 5.74) is 4.76. The average molecular weight is 1140 g/mol.